The van der Waals surface area contributed by atoms with Crippen LogP contribution in [-0.4, -0.2) is 33.3 Å². The van der Waals surface area contributed by atoms with E-state index in [1.807, 2.05) is 6.07 Å². The van der Waals surface area contributed by atoms with E-state index < -0.39 is 5.97 Å². The molecule has 1 amide bonds. The number of nitrogens with two attached hydrogens (primary N) is 1. The van der Waals surface area contributed by atoms with Gasteiger partial charge in [-0.05, 0) is 0 Å². The molecule has 0 unspecified atom stereocenters. The van der Waals surface area contributed by atoms with E-state index in [4.69, 9.17) is 16.1 Å². The average Bonchev–Trinajstić information content (AvgIpc) is 2.60. The number of aromatic carboxylic acids is 1. The number of carboxylic acid groups (broad SMARTS) is 1. The maximum Gasteiger partial charge on any atom is 0.358 e. The van der Waals surface area contributed by atoms with Gasteiger partial charge in [-0.15, -0.1) is 0 Å². The molecule has 1 aromatic heterocycles. The van der Waals surface area contributed by atoms with E-state index >= 15 is 0 Å². The largest absolute Gasteiger partial charge is 0.476 e. The van der Waals surface area contributed by atoms with Crippen LogP contribution in [0.4, 0.5) is 5.69 Å². The van der Waals surface area contributed by atoms with Gasteiger partial charge in [0, 0.05) is 12.7 Å². The van der Waals surface area contributed by atoms with Crippen molar-refractivity contribution >= 4 is 17.6 Å². The van der Waals surface area contributed by atoms with Crippen LogP contribution in [-0.2, 0) is 11.3 Å². The molecule has 0 aromatic carbocycles. The third-order valence-corrected chi connectivity index (χ3v) is 1.86. The van der Waals surface area contributed by atoms with Crippen LogP contribution in [0, 0.1) is 11.3 Å². The standard InChI is InChI=1S/C9H11N5O3/c10-2-1-3-12-7(15)5-14-4-6(11)8(13-14)9(16)17/h4H,1,3,5,11H2,(H,12,15)(H,16,17). The van der Waals surface area contributed by atoms with E-state index in [-0.39, 0.29) is 36.8 Å². The van der Waals surface area contributed by atoms with Gasteiger partial charge >= 0.3 is 5.97 Å². The van der Waals surface area contributed by atoms with Crippen molar-refractivity contribution in [3.63, 3.8) is 0 Å². The lowest BCUT2D eigenvalue weighted by Crippen LogP contribution is -2.28. The molecule has 1 aromatic rings. The molecule has 0 atom stereocenters. The molecule has 4 N–H and O–H groups in total. The molecule has 0 spiro atoms. The second-order valence-electron chi connectivity index (χ2n) is 3.19. The molecular formula is C9H11N5O3. The molecule has 0 aliphatic heterocycles. The molecule has 0 radical (unpaired) electrons. The number of rotatable bonds is 5. The van der Waals surface area contributed by atoms with Gasteiger partial charge in [-0.1, -0.05) is 0 Å². The van der Waals surface area contributed by atoms with Crippen molar-refractivity contribution in [1.82, 2.24) is 15.1 Å². The van der Waals surface area contributed by atoms with Crippen molar-refractivity contribution < 1.29 is 14.7 Å². The summed E-state index contributed by atoms with van der Waals surface area (Å²) in [5, 5.41) is 23.1. The number of nitrogens with one attached hydrogen (secondary N) is 1. The first-order valence-corrected chi connectivity index (χ1v) is 4.74. The lowest BCUT2D eigenvalue weighted by atomic mass is 10.4. The van der Waals surface area contributed by atoms with E-state index in [1.54, 1.807) is 0 Å². The maximum absolute atomic E-state index is 11.3. The summed E-state index contributed by atoms with van der Waals surface area (Å²) in [7, 11) is 0. The van der Waals surface area contributed by atoms with Crippen molar-refractivity contribution in [2.45, 2.75) is 13.0 Å². The number of nitrogen functional groups attached to an aromatic ring is 1. The number of aromatic nitrogens is 2. The van der Waals surface area contributed by atoms with Crippen molar-refractivity contribution in [1.29, 1.82) is 5.26 Å². The number of hydrogen-bond donors (Lipinski definition) is 3. The minimum Gasteiger partial charge on any atom is -0.476 e. The number of anilines is 1. The Balaban J connectivity index is 2.57. The Morgan fingerprint density at radius 2 is 2.35 bits per heavy atom. The summed E-state index contributed by atoms with van der Waals surface area (Å²) in [6.07, 6.45) is 1.49. The quantitative estimate of drug-likeness (QED) is 0.573. The van der Waals surface area contributed by atoms with Crippen LogP contribution in [0.3, 0.4) is 0 Å². The van der Waals surface area contributed by atoms with Gasteiger partial charge in [0.25, 0.3) is 0 Å². The highest BCUT2D eigenvalue weighted by Crippen LogP contribution is 2.08. The number of amides is 1. The molecule has 1 heterocycles. The van der Waals surface area contributed by atoms with Crippen LogP contribution in [0.15, 0.2) is 6.20 Å². The molecule has 0 aliphatic rings. The lowest BCUT2D eigenvalue weighted by Gasteiger charge is -2.02. The zero-order valence-corrected chi connectivity index (χ0v) is 8.88. The number of nitrogens with zero attached hydrogens (tertiary/aromatic N) is 3. The Bertz CT molecular complexity index is 473. The number of carboxylic acids is 1. The summed E-state index contributed by atoms with van der Waals surface area (Å²) in [6.45, 7) is 0.112. The first-order valence-electron chi connectivity index (χ1n) is 4.74. The summed E-state index contributed by atoms with van der Waals surface area (Å²) in [5.41, 5.74) is 5.12. The predicted molar refractivity (Wildman–Crippen MR) is 56.8 cm³/mol. The Morgan fingerprint density at radius 1 is 1.65 bits per heavy atom. The summed E-state index contributed by atoms with van der Waals surface area (Å²) >= 11 is 0. The molecule has 0 saturated carbocycles. The second-order valence-corrected chi connectivity index (χ2v) is 3.19. The van der Waals surface area contributed by atoms with E-state index in [2.05, 4.69) is 10.4 Å². The average molecular weight is 237 g/mol. The Labute approximate surface area is 96.6 Å². The first-order chi connectivity index (χ1) is 8.04. The fraction of sp³-hybridized carbons (Fsp3) is 0.333. The van der Waals surface area contributed by atoms with Gasteiger partial charge in [0.15, 0.2) is 5.69 Å². The number of carbonyl (C=O) groups is 2. The summed E-state index contributed by atoms with van der Waals surface area (Å²) in [4.78, 5) is 21.9. The first kappa shape index (κ1) is 12.5. The third kappa shape index (κ3) is 3.49. The van der Waals surface area contributed by atoms with Crippen LogP contribution in [0.5, 0.6) is 0 Å². The molecule has 0 aliphatic carbocycles. The maximum atomic E-state index is 11.3. The van der Waals surface area contributed by atoms with Gasteiger partial charge in [-0.3, -0.25) is 9.48 Å². The van der Waals surface area contributed by atoms with Gasteiger partial charge < -0.3 is 16.2 Å². The summed E-state index contributed by atoms with van der Waals surface area (Å²) in [6, 6.07) is 1.88. The van der Waals surface area contributed by atoms with Gasteiger partial charge in [-0.25, -0.2) is 4.79 Å². The topological polar surface area (TPSA) is 134 Å². The van der Waals surface area contributed by atoms with Crippen LogP contribution in [0.2, 0.25) is 0 Å². The van der Waals surface area contributed by atoms with Gasteiger partial charge in [0.1, 0.15) is 6.54 Å². The minimum atomic E-state index is -1.24. The van der Waals surface area contributed by atoms with Gasteiger partial charge in [0.05, 0.1) is 18.2 Å². The normalized spacial score (nSPS) is 9.59. The summed E-state index contributed by atoms with van der Waals surface area (Å²) in [5.74, 6) is -1.61. The van der Waals surface area contributed by atoms with Crippen molar-refractivity contribution in [3.8, 4) is 6.07 Å². The van der Waals surface area contributed by atoms with E-state index in [0.29, 0.717) is 0 Å². The number of hydrogen-bond acceptors (Lipinski definition) is 5. The monoisotopic (exact) mass is 237 g/mol. The number of nitriles is 1. The zero-order chi connectivity index (χ0) is 12.8. The van der Waals surface area contributed by atoms with Crippen LogP contribution < -0.4 is 11.1 Å². The fourth-order valence-corrected chi connectivity index (χ4v) is 1.14. The zero-order valence-electron chi connectivity index (χ0n) is 8.88. The predicted octanol–water partition coefficient (Wildman–Crippen LogP) is -0.807. The Kier molecular flexibility index (Phi) is 4.05. The fourth-order valence-electron chi connectivity index (χ4n) is 1.14. The van der Waals surface area contributed by atoms with Crippen LogP contribution >= 0.6 is 0 Å². The van der Waals surface area contributed by atoms with E-state index in [0.717, 1.165) is 4.68 Å². The van der Waals surface area contributed by atoms with Crippen LogP contribution in [0.25, 0.3) is 0 Å². The summed E-state index contributed by atoms with van der Waals surface area (Å²) < 4.78 is 1.14. The number of carbonyl (C=O) groups excluding carboxylic acids is 1. The van der Waals surface area contributed by atoms with Crippen molar-refractivity contribution in [2.24, 2.45) is 0 Å². The lowest BCUT2D eigenvalue weighted by molar-refractivity contribution is -0.121. The van der Waals surface area contributed by atoms with Crippen molar-refractivity contribution in [2.75, 3.05) is 12.3 Å². The molecular weight excluding hydrogens is 226 g/mol. The van der Waals surface area contributed by atoms with Gasteiger partial charge in [0.2, 0.25) is 5.91 Å². The Morgan fingerprint density at radius 3 is 2.88 bits per heavy atom. The highest BCUT2D eigenvalue weighted by molar-refractivity contribution is 5.91. The molecule has 8 heteroatoms. The SMILES string of the molecule is N#CCCNC(=O)Cn1cc(N)c(C(=O)O)n1. The van der Waals surface area contributed by atoms with E-state index in [9.17, 15) is 9.59 Å². The molecule has 0 bridgehead atoms. The van der Waals surface area contributed by atoms with Crippen LogP contribution in [0.1, 0.15) is 16.9 Å². The Hall–Kier alpha value is -2.56. The smallest absolute Gasteiger partial charge is 0.358 e. The highest BCUT2D eigenvalue weighted by Gasteiger charge is 2.14. The van der Waals surface area contributed by atoms with Gasteiger partial charge in [-0.2, -0.15) is 10.4 Å². The molecule has 1 rings (SSSR count). The molecule has 17 heavy (non-hydrogen) atoms. The van der Waals surface area contributed by atoms with E-state index in [1.165, 1.54) is 6.20 Å². The van der Waals surface area contributed by atoms with Crippen molar-refractivity contribution in [3.05, 3.63) is 11.9 Å². The molecule has 90 valence electrons. The second kappa shape index (κ2) is 5.50. The molecule has 0 fully saturated rings. The minimum absolute atomic E-state index is 0.00215. The highest BCUT2D eigenvalue weighted by atomic mass is 16.4. The molecule has 0 saturated heterocycles. The third-order valence-electron chi connectivity index (χ3n) is 1.86. The molecule has 8 nitrogen and oxygen atoms in total.